The van der Waals surface area contributed by atoms with E-state index in [2.05, 4.69) is 17.3 Å². The molecule has 124 valence electrons. The number of carbonyl (C=O) groups is 1. The largest absolute Gasteiger partial charge is 0.396 e. The number of aliphatic hydroxyl groups is 1. The topological polar surface area (TPSA) is 67.2 Å². The van der Waals surface area contributed by atoms with E-state index in [-0.39, 0.29) is 12.5 Å². The lowest BCUT2D eigenvalue weighted by atomic mass is 10.2. The fraction of sp³-hybridized carbons (Fsp3) is 0.412. The Bertz CT molecular complexity index is 665. The van der Waals surface area contributed by atoms with Gasteiger partial charge in [-0.1, -0.05) is 0 Å². The van der Waals surface area contributed by atoms with E-state index in [1.165, 1.54) is 5.56 Å². The van der Waals surface area contributed by atoms with E-state index in [1.807, 2.05) is 42.8 Å². The van der Waals surface area contributed by atoms with Gasteiger partial charge in [-0.25, -0.2) is 0 Å². The van der Waals surface area contributed by atoms with Crippen molar-refractivity contribution >= 4 is 17.7 Å². The van der Waals surface area contributed by atoms with Crippen LogP contribution in [0, 0.1) is 20.8 Å². The van der Waals surface area contributed by atoms with Crippen LogP contribution in [0.25, 0.3) is 0 Å². The molecule has 0 fully saturated rings. The molecule has 0 spiro atoms. The molecule has 0 bridgehead atoms. The minimum atomic E-state index is -0.0815. The molecule has 0 unspecified atom stereocenters. The van der Waals surface area contributed by atoms with Crippen molar-refractivity contribution in [3.63, 3.8) is 0 Å². The number of aryl methyl sites for hydroxylation is 1. The highest BCUT2D eigenvalue weighted by molar-refractivity contribution is 7.99. The third-order valence-electron chi connectivity index (χ3n) is 3.83. The van der Waals surface area contributed by atoms with Crippen molar-refractivity contribution < 1.29 is 9.90 Å². The number of carbonyl (C=O) groups excluding carboxylic acids is 1. The van der Waals surface area contributed by atoms with Gasteiger partial charge in [0.25, 0.3) is 5.91 Å². The first kappa shape index (κ1) is 17.6. The monoisotopic (exact) mass is 333 g/mol. The van der Waals surface area contributed by atoms with Crippen molar-refractivity contribution in [1.82, 2.24) is 15.1 Å². The summed E-state index contributed by atoms with van der Waals surface area (Å²) in [7, 11) is 0. The van der Waals surface area contributed by atoms with Crippen molar-refractivity contribution in [2.75, 3.05) is 18.9 Å². The average Bonchev–Trinajstić information content (AvgIpc) is 2.80. The number of nitrogens with one attached hydrogen (secondary N) is 1. The number of hydrogen-bond acceptors (Lipinski definition) is 4. The standard InChI is InChI=1S/C17H23N3O2S/c1-12-13(2)19-20(14(12)3)9-8-18-17(22)15-4-6-16(7-5-15)23-11-10-21/h4-7,21H,8-11H2,1-3H3,(H,18,22). The van der Waals surface area contributed by atoms with Crippen molar-refractivity contribution in [3.8, 4) is 0 Å². The van der Waals surface area contributed by atoms with E-state index in [1.54, 1.807) is 11.8 Å². The maximum Gasteiger partial charge on any atom is 0.251 e. The van der Waals surface area contributed by atoms with Crippen molar-refractivity contribution in [2.45, 2.75) is 32.2 Å². The van der Waals surface area contributed by atoms with Gasteiger partial charge in [0.05, 0.1) is 18.8 Å². The van der Waals surface area contributed by atoms with Crippen molar-refractivity contribution in [2.24, 2.45) is 0 Å². The summed E-state index contributed by atoms with van der Waals surface area (Å²) in [4.78, 5) is 13.2. The summed E-state index contributed by atoms with van der Waals surface area (Å²) < 4.78 is 1.93. The predicted octanol–water partition coefficient (Wildman–Crippen LogP) is 2.32. The first-order valence-corrected chi connectivity index (χ1v) is 8.64. The Hall–Kier alpha value is -1.79. The molecule has 6 heteroatoms. The smallest absolute Gasteiger partial charge is 0.251 e. The summed E-state index contributed by atoms with van der Waals surface area (Å²) in [5, 5.41) is 16.2. The Morgan fingerprint density at radius 2 is 1.96 bits per heavy atom. The summed E-state index contributed by atoms with van der Waals surface area (Å²) in [6, 6.07) is 7.42. The third kappa shape index (κ3) is 4.59. The highest BCUT2D eigenvalue weighted by Crippen LogP contribution is 2.17. The van der Waals surface area contributed by atoms with Crippen molar-refractivity contribution in [1.29, 1.82) is 0 Å². The summed E-state index contributed by atoms with van der Waals surface area (Å²) in [5.74, 6) is 0.579. The Balaban J connectivity index is 1.85. The van der Waals surface area contributed by atoms with Crippen LogP contribution in [0.2, 0.25) is 0 Å². The van der Waals surface area contributed by atoms with E-state index in [0.717, 1.165) is 16.3 Å². The van der Waals surface area contributed by atoms with E-state index >= 15 is 0 Å². The molecule has 2 aromatic rings. The van der Waals surface area contributed by atoms with Crippen LogP contribution in [0.3, 0.4) is 0 Å². The van der Waals surface area contributed by atoms with Gasteiger partial charge in [-0.3, -0.25) is 9.48 Å². The third-order valence-corrected chi connectivity index (χ3v) is 4.82. The Morgan fingerprint density at radius 1 is 1.26 bits per heavy atom. The van der Waals surface area contributed by atoms with Crippen LogP contribution in [0.5, 0.6) is 0 Å². The molecule has 5 nitrogen and oxygen atoms in total. The summed E-state index contributed by atoms with van der Waals surface area (Å²) in [5.41, 5.74) is 4.02. The van der Waals surface area contributed by atoms with Crippen LogP contribution >= 0.6 is 11.8 Å². The number of thioether (sulfide) groups is 1. The number of aromatic nitrogens is 2. The van der Waals surface area contributed by atoms with E-state index in [9.17, 15) is 4.79 Å². The minimum absolute atomic E-state index is 0.0815. The van der Waals surface area contributed by atoms with Gasteiger partial charge in [0, 0.05) is 28.5 Å². The van der Waals surface area contributed by atoms with E-state index in [0.29, 0.717) is 24.4 Å². The number of rotatable bonds is 7. The zero-order valence-electron chi connectivity index (χ0n) is 13.8. The van der Waals surface area contributed by atoms with E-state index in [4.69, 9.17) is 5.11 Å². The molecule has 0 aliphatic heterocycles. The molecule has 0 saturated carbocycles. The number of aliphatic hydroxyl groups excluding tert-OH is 1. The predicted molar refractivity (Wildman–Crippen MR) is 93.0 cm³/mol. The molecule has 0 aliphatic rings. The molecule has 1 aromatic heterocycles. The maximum atomic E-state index is 12.1. The van der Waals surface area contributed by atoms with Crippen LogP contribution in [0.1, 0.15) is 27.3 Å². The Labute approximate surface area is 141 Å². The van der Waals surface area contributed by atoms with Gasteiger partial charge in [0.1, 0.15) is 0 Å². The molecule has 23 heavy (non-hydrogen) atoms. The van der Waals surface area contributed by atoms with E-state index < -0.39 is 0 Å². The molecular formula is C17H23N3O2S. The molecule has 2 N–H and O–H groups in total. The highest BCUT2D eigenvalue weighted by atomic mass is 32.2. The molecule has 2 rings (SSSR count). The van der Waals surface area contributed by atoms with Gasteiger partial charge >= 0.3 is 0 Å². The van der Waals surface area contributed by atoms with Crippen molar-refractivity contribution in [3.05, 3.63) is 46.8 Å². The Kier molecular flexibility index (Phi) is 6.24. The average molecular weight is 333 g/mol. The first-order chi connectivity index (χ1) is 11.0. The normalized spacial score (nSPS) is 10.8. The molecule has 0 aliphatic carbocycles. The zero-order valence-corrected chi connectivity index (χ0v) is 14.6. The molecular weight excluding hydrogens is 310 g/mol. The highest BCUT2D eigenvalue weighted by Gasteiger charge is 2.08. The minimum Gasteiger partial charge on any atom is -0.396 e. The number of nitrogens with zero attached hydrogens (tertiary/aromatic N) is 2. The second-order valence-electron chi connectivity index (χ2n) is 5.37. The second-order valence-corrected chi connectivity index (χ2v) is 6.54. The quantitative estimate of drug-likeness (QED) is 0.763. The second kappa shape index (κ2) is 8.17. The first-order valence-electron chi connectivity index (χ1n) is 7.65. The van der Waals surface area contributed by atoms with Crippen LogP contribution in [0.4, 0.5) is 0 Å². The number of hydrogen-bond donors (Lipinski definition) is 2. The molecule has 1 heterocycles. The molecule has 1 amide bonds. The maximum absolute atomic E-state index is 12.1. The number of benzene rings is 1. The van der Waals surface area contributed by atoms with Gasteiger partial charge in [-0.05, 0) is 50.6 Å². The lowest BCUT2D eigenvalue weighted by Crippen LogP contribution is -2.27. The van der Waals surface area contributed by atoms with Gasteiger partial charge in [0.2, 0.25) is 0 Å². The lowest BCUT2D eigenvalue weighted by molar-refractivity contribution is 0.0951. The van der Waals surface area contributed by atoms with Crippen LogP contribution in [-0.4, -0.2) is 39.7 Å². The lowest BCUT2D eigenvalue weighted by Gasteiger charge is -2.08. The van der Waals surface area contributed by atoms with Crippen LogP contribution in [0.15, 0.2) is 29.2 Å². The zero-order chi connectivity index (χ0) is 16.8. The van der Waals surface area contributed by atoms with Crippen LogP contribution < -0.4 is 5.32 Å². The molecule has 1 aromatic carbocycles. The van der Waals surface area contributed by atoms with Gasteiger partial charge < -0.3 is 10.4 Å². The van der Waals surface area contributed by atoms with Gasteiger partial charge in [-0.15, -0.1) is 11.8 Å². The SMILES string of the molecule is Cc1nn(CCNC(=O)c2ccc(SCCO)cc2)c(C)c1C. The number of amides is 1. The van der Waals surface area contributed by atoms with Gasteiger partial charge in [-0.2, -0.15) is 5.10 Å². The molecule has 0 atom stereocenters. The summed E-state index contributed by atoms with van der Waals surface area (Å²) in [6.45, 7) is 7.45. The van der Waals surface area contributed by atoms with Gasteiger partial charge in [0.15, 0.2) is 0 Å². The fourth-order valence-electron chi connectivity index (χ4n) is 2.25. The van der Waals surface area contributed by atoms with Crippen LogP contribution in [-0.2, 0) is 6.54 Å². The fourth-order valence-corrected chi connectivity index (χ4v) is 2.90. The summed E-state index contributed by atoms with van der Waals surface area (Å²) in [6.07, 6.45) is 0. The molecule has 0 radical (unpaired) electrons. The Morgan fingerprint density at radius 3 is 2.52 bits per heavy atom. The summed E-state index contributed by atoms with van der Waals surface area (Å²) >= 11 is 1.57. The molecule has 0 saturated heterocycles.